The molecule has 0 aliphatic heterocycles. The number of nitrogens with zero attached hydrogens (tertiary/aromatic N) is 1. The Labute approximate surface area is 102 Å². The summed E-state index contributed by atoms with van der Waals surface area (Å²) in [6.07, 6.45) is 1.60. The SMILES string of the molecule is CCC(OC(C)C(C)(C)C)C(C)(C)N(C)C. The van der Waals surface area contributed by atoms with Crippen molar-refractivity contribution in [1.29, 1.82) is 0 Å². The molecule has 0 saturated heterocycles. The largest absolute Gasteiger partial charge is 0.373 e. The van der Waals surface area contributed by atoms with E-state index in [2.05, 4.69) is 67.5 Å². The first-order chi connectivity index (χ1) is 7.03. The molecule has 0 aromatic carbocycles. The molecule has 2 unspecified atom stereocenters. The van der Waals surface area contributed by atoms with Crippen molar-refractivity contribution in [2.75, 3.05) is 14.1 Å². The van der Waals surface area contributed by atoms with Crippen LogP contribution < -0.4 is 0 Å². The van der Waals surface area contributed by atoms with Gasteiger partial charge in [0.2, 0.25) is 0 Å². The molecule has 0 aromatic heterocycles. The van der Waals surface area contributed by atoms with Crippen LogP contribution >= 0.6 is 0 Å². The zero-order valence-corrected chi connectivity index (χ0v) is 12.7. The lowest BCUT2D eigenvalue weighted by Gasteiger charge is -2.42. The molecule has 16 heavy (non-hydrogen) atoms. The van der Waals surface area contributed by atoms with Crippen molar-refractivity contribution in [1.82, 2.24) is 4.90 Å². The van der Waals surface area contributed by atoms with E-state index in [-0.39, 0.29) is 23.2 Å². The lowest BCUT2D eigenvalue weighted by atomic mass is 9.88. The van der Waals surface area contributed by atoms with Gasteiger partial charge in [-0.15, -0.1) is 0 Å². The number of likely N-dealkylation sites (N-methyl/N-ethyl adjacent to an activating group) is 1. The van der Waals surface area contributed by atoms with E-state index in [1.165, 1.54) is 0 Å². The molecular formula is C14H31NO. The minimum atomic E-state index is 0.0776. The second-order valence-corrected chi connectivity index (χ2v) is 6.59. The van der Waals surface area contributed by atoms with Crippen LogP contribution in [0.2, 0.25) is 0 Å². The zero-order chi connectivity index (χ0) is 13.1. The normalized spacial score (nSPS) is 17.6. The molecule has 0 rings (SSSR count). The Kier molecular flexibility index (Phi) is 5.48. The van der Waals surface area contributed by atoms with Gasteiger partial charge in [0.25, 0.3) is 0 Å². The number of ether oxygens (including phenoxy) is 1. The molecule has 0 heterocycles. The fourth-order valence-electron chi connectivity index (χ4n) is 1.50. The third-order valence-electron chi connectivity index (χ3n) is 3.90. The highest BCUT2D eigenvalue weighted by Gasteiger charge is 2.34. The second kappa shape index (κ2) is 5.50. The van der Waals surface area contributed by atoms with Gasteiger partial charge in [0, 0.05) is 5.54 Å². The van der Waals surface area contributed by atoms with E-state index in [4.69, 9.17) is 4.74 Å². The van der Waals surface area contributed by atoms with Gasteiger partial charge in [-0.2, -0.15) is 0 Å². The maximum Gasteiger partial charge on any atom is 0.0754 e. The number of hydrogen-bond acceptors (Lipinski definition) is 2. The number of rotatable bonds is 5. The Hall–Kier alpha value is -0.0800. The molecule has 2 nitrogen and oxygen atoms in total. The standard InChI is InChI=1S/C14H31NO/c1-10-12(14(6,7)15(8)9)16-11(2)13(3,4)5/h11-12H,10H2,1-9H3. The van der Waals surface area contributed by atoms with Crippen molar-refractivity contribution in [3.63, 3.8) is 0 Å². The van der Waals surface area contributed by atoms with Gasteiger partial charge in [0.05, 0.1) is 12.2 Å². The van der Waals surface area contributed by atoms with Gasteiger partial charge >= 0.3 is 0 Å². The van der Waals surface area contributed by atoms with Crippen LogP contribution in [0.25, 0.3) is 0 Å². The Balaban J connectivity index is 4.65. The molecule has 0 spiro atoms. The first-order valence-electron chi connectivity index (χ1n) is 6.36. The molecule has 2 heteroatoms. The van der Waals surface area contributed by atoms with Crippen LogP contribution in [0, 0.1) is 5.41 Å². The second-order valence-electron chi connectivity index (χ2n) is 6.59. The smallest absolute Gasteiger partial charge is 0.0754 e. The molecule has 0 aromatic rings. The average molecular weight is 229 g/mol. The van der Waals surface area contributed by atoms with Crippen LogP contribution in [0.3, 0.4) is 0 Å². The van der Waals surface area contributed by atoms with Crippen LogP contribution in [-0.4, -0.2) is 36.7 Å². The molecule has 0 radical (unpaired) electrons. The van der Waals surface area contributed by atoms with Crippen LogP contribution in [0.4, 0.5) is 0 Å². The minimum absolute atomic E-state index is 0.0776. The summed E-state index contributed by atoms with van der Waals surface area (Å²) in [6, 6.07) is 0. The van der Waals surface area contributed by atoms with Gasteiger partial charge in [0.1, 0.15) is 0 Å². The molecule has 0 amide bonds. The van der Waals surface area contributed by atoms with Gasteiger partial charge in [-0.1, -0.05) is 27.7 Å². The van der Waals surface area contributed by atoms with Gasteiger partial charge in [-0.25, -0.2) is 0 Å². The van der Waals surface area contributed by atoms with E-state index in [1.807, 2.05) is 0 Å². The van der Waals surface area contributed by atoms with Crippen LogP contribution in [0.1, 0.15) is 54.9 Å². The van der Waals surface area contributed by atoms with E-state index in [0.717, 1.165) is 6.42 Å². The molecule has 0 N–H and O–H groups in total. The lowest BCUT2D eigenvalue weighted by molar-refractivity contribution is -0.109. The van der Waals surface area contributed by atoms with E-state index in [9.17, 15) is 0 Å². The third-order valence-corrected chi connectivity index (χ3v) is 3.90. The first-order valence-corrected chi connectivity index (χ1v) is 6.36. The highest BCUT2D eigenvalue weighted by Crippen LogP contribution is 2.28. The topological polar surface area (TPSA) is 12.5 Å². The quantitative estimate of drug-likeness (QED) is 0.715. The molecule has 0 fully saturated rings. The molecule has 0 aliphatic rings. The number of hydrogen-bond donors (Lipinski definition) is 0. The molecular weight excluding hydrogens is 198 g/mol. The van der Waals surface area contributed by atoms with Crippen molar-refractivity contribution in [3.8, 4) is 0 Å². The van der Waals surface area contributed by atoms with Crippen LogP contribution in [0.5, 0.6) is 0 Å². The molecule has 98 valence electrons. The van der Waals surface area contributed by atoms with Crippen molar-refractivity contribution >= 4 is 0 Å². The molecule has 2 atom stereocenters. The Morgan fingerprint density at radius 2 is 1.50 bits per heavy atom. The maximum atomic E-state index is 6.25. The summed E-state index contributed by atoms with van der Waals surface area (Å²) in [5.74, 6) is 0. The molecule has 0 saturated carbocycles. The lowest BCUT2D eigenvalue weighted by Crippen LogP contribution is -2.51. The van der Waals surface area contributed by atoms with Gasteiger partial charge in [-0.3, -0.25) is 0 Å². The average Bonchev–Trinajstić information content (AvgIpc) is 2.11. The van der Waals surface area contributed by atoms with Crippen LogP contribution in [0.15, 0.2) is 0 Å². The maximum absolute atomic E-state index is 6.25. The summed E-state index contributed by atoms with van der Waals surface area (Å²) in [4.78, 5) is 2.25. The minimum Gasteiger partial charge on any atom is -0.373 e. The summed E-state index contributed by atoms with van der Waals surface area (Å²) in [7, 11) is 4.24. The zero-order valence-electron chi connectivity index (χ0n) is 12.7. The van der Waals surface area contributed by atoms with E-state index < -0.39 is 0 Å². The van der Waals surface area contributed by atoms with Gasteiger partial charge in [0.15, 0.2) is 0 Å². The predicted molar refractivity (Wildman–Crippen MR) is 71.8 cm³/mol. The van der Waals surface area contributed by atoms with Crippen molar-refractivity contribution in [2.24, 2.45) is 5.41 Å². The summed E-state index contributed by atoms with van der Waals surface area (Å²) in [5.41, 5.74) is 0.282. The van der Waals surface area contributed by atoms with Gasteiger partial charge < -0.3 is 9.64 Å². The Morgan fingerprint density at radius 3 is 1.75 bits per heavy atom. The summed E-state index contributed by atoms with van der Waals surface area (Å²) in [6.45, 7) is 15.6. The highest BCUT2D eigenvalue weighted by atomic mass is 16.5. The highest BCUT2D eigenvalue weighted by molar-refractivity contribution is 4.87. The molecule has 0 bridgehead atoms. The summed E-state index contributed by atoms with van der Waals surface area (Å²) < 4.78 is 6.25. The Morgan fingerprint density at radius 1 is 1.06 bits per heavy atom. The first kappa shape index (κ1) is 15.9. The van der Waals surface area contributed by atoms with E-state index >= 15 is 0 Å². The fourth-order valence-corrected chi connectivity index (χ4v) is 1.50. The van der Waals surface area contributed by atoms with Crippen molar-refractivity contribution in [2.45, 2.75) is 72.6 Å². The Bertz CT molecular complexity index is 203. The van der Waals surface area contributed by atoms with Crippen molar-refractivity contribution < 1.29 is 4.74 Å². The summed E-state index contributed by atoms with van der Waals surface area (Å²) in [5, 5.41) is 0. The molecule has 0 aliphatic carbocycles. The van der Waals surface area contributed by atoms with Gasteiger partial charge in [-0.05, 0) is 46.7 Å². The fraction of sp³-hybridized carbons (Fsp3) is 1.00. The monoisotopic (exact) mass is 229 g/mol. The van der Waals surface area contributed by atoms with E-state index in [1.54, 1.807) is 0 Å². The van der Waals surface area contributed by atoms with Crippen LogP contribution in [-0.2, 0) is 4.74 Å². The van der Waals surface area contributed by atoms with E-state index in [0.29, 0.717) is 0 Å². The predicted octanol–water partition coefficient (Wildman–Crippen LogP) is 3.56. The third kappa shape index (κ3) is 4.06. The summed E-state index contributed by atoms with van der Waals surface area (Å²) >= 11 is 0. The van der Waals surface area contributed by atoms with Crippen molar-refractivity contribution in [3.05, 3.63) is 0 Å².